The highest BCUT2D eigenvalue weighted by Crippen LogP contribution is 2.44. The first-order valence-electron chi connectivity index (χ1n) is 10.7. The number of halogens is 3. The van der Waals surface area contributed by atoms with Gasteiger partial charge in [0.25, 0.3) is 0 Å². The van der Waals surface area contributed by atoms with Gasteiger partial charge in [-0.2, -0.15) is 13.2 Å². The van der Waals surface area contributed by atoms with E-state index in [1.807, 2.05) is 0 Å². The maximum Gasteiger partial charge on any atom is 0.416 e. The number of amides is 4. The Kier molecular flexibility index (Phi) is 5.24. The van der Waals surface area contributed by atoms with E-state index < -0.39 is 41.5 Å². The number of anilines is 1. The van der Waals surface area contributed by atoms with Gasteiger partial charge in [-0.05, 0) is 48.2 Å². The molecule has 2 atom stereocenters. The molecule has 1 aliphatic heterocycles. The van der Waals surface area contributed by atoms with E-state index in [1.165, 1.54) is 21.6 Å². The first-order chi connectivity index (χ1) is 16.5. The van der Waals surface area contributed by atoms with Gasteiger partial charge >= 0.3 is 17.1 Å². The average Bonchev–Trinajstić information content (AvgIpc) is 3.33. The largest absolute Gasteiger partial charge is 0.416 e. The molecule has 2 N–H and O–H groups in total. The molecule has 1 saturated heterocycles. The number of benzene rings is 2. The number of nitrogens with two attached hydrogens (primary N) is 1. The first-order valence-corrected chi connectivity index (χ1v) is 11.5. The Morgan fingerprint density at radius 1 is 1.14 bits per heavy atom. The summed E-state index contributed by atoms with van der Waals surface area (Å²) in [4.78, 5) is 52.8. The van der Waals surface area contributed by atoms with E-state index in [9.17, 15) is 32.3 Å². The zero-order valence-corrected chi connectivity index (χ0v) is 19.2. The highest BCUT2D eigenvalue weighted by molar-refractivity contribution is 7.16. The molecule has 1 aliphatic carbocycles. The van der Waals surface area contributed by atoms with Gasteiger partial charge in [0, 0.05) is 19.3 Å². The van der Waals surface area contributed by atoms with Crippen molar-refractivity contribution < 1.29 is 27.6 Å². The van der Waals surface area contributed by atoms with E-state index in [1.54, 1.807) is 25.2 Å². The number of aromatic nitrogens is 1. The minimum Gasteiger partial charge on any atom is -0.369 e. The zero-order valence-electron chi connectivity index (χ0n) is 18.3. The standard InChI is InChI=1S/C23H19F3N4O4S/c1-28-17-7-5-11(9-18(17)35-22(28)34)29-10-14(19(27)31)20(32)30(21(29)33)16-8-6-12-13(16)3-2-4-15(12)23(24,25)26/h2-5,7,9,14,16H,6,8,10H2,1H3,(H2,27,31). The summed E-state index contributed by atoms with van der Waals surface area (Å²) in [7, 11) is 1.61. The number of nitrogens with zero attached hydrogens (tertiary/aromatic N) is 3. The molecule has 2 unspecified atom stereocenters. The van der Waals surface area contributed by atoms with Crippen molar-refractivity contribution in [3.63, 3.8) is 0 Å². The molecule has 4 amide bonds. The van der Waals surface area contributed by atoms with Gasteiger partial charge in [-0.15, -0.1) is 0 Å². The van der Waals surface area contributed by atoms with Crippen LogP contribution in [0.5, 0.6) is 0 Å². The molecule has 2 aliphatic rings. The fourth-order valence-electron chi connectivity index (χ4n) is 4.90. The predicted molar refractivity (Wildman–Crippen MR) is 122 cm³/mol. The van der Waals surface area contributed by atoms with E-state index >= 15 is 0 Å². The van der Waals surface area contributed by atoms with Crippen molar-refractivity contribution >= 4 is 45.1 Å². The minimum atomic E-state index is -4.58. The summed E-state index contributed by atoms with van der Waals surface area (Å²) >= 11 is 0.977. The van der Waals surface area contributed by atoms with Crippen LogP contribution in [0.4, 0.5) is 23.7 Å². The molecule has 35 heavy (non-hydrogen) atoms. The van der Waals surface area contributed by atoms with Gasteiger partial charge in [-0.25, -0.2) is 4.79 Å². The predicted octanol–water partition coefficient (Wildman–Crippen LogP) is 3.18. The molecule has 0 radical (unpaired) electrons. The van der Waals surface area contributed by atoms with Crippen molar-refractivity contribution in [3.05, 3.63) is 62.8 Å². The molecule has 0 bridgehead atoms. The van der Waals surface area contributed by atoms with Crippen LogP contribution in [0.15, 0.2) is 41.2 Å². The zero-order chi connectivity index (χ0) is 25.2. The van der Waals surface area contributed by atoms with E-state index in [4.69, 9.17) is 5.73 Å². The summed E-state index contributed by atoms with van der Waals surface area (Å²) in [6.07, 6.45) is -4.46. The number of primary amides is 1. The molecule has 8 nitrogen and oxygen atoms in total. The first kappa shape index (κ1) is 23.1. The number of thiazole rings is 1. The van der Waals surface area contributed by atoms with E-state index in [0.717, 1.165) is 22.3 Å². The van der Waals surface area contributed by atoms with Crippen LogP contribution < -0.4 is 15.5 Å². The Hall–Kier alpha value is -3.67. The lowest BCUT2D eigenvalue weighted by molar-refractivity contribution is -0.141. The normalized spacial score (nSPS) is 20.6. The minimum absolute atomic E-state index is 0.0257. The summed E-state index contributed by atoms with van der Waals surface area (Å²) in [5.41, 5.74) is 5.93. The topological polar surface area (TPSA) is 106 Å². The molecule has 12 heteroatoms. The third-order valence-electron chi connectivity index (χ3n) is 6.62. The molecule has 2 aromatic carbocycles. The van der Waals surface area contributed by atoms with E-state index in [-0.39, 0.29) is 35.4 Å². The Balaban J connectivity index is 1.59. The van der Waals surface area contributed by atoms with Crippen LogP contribution >= 0.6 is 11.3 Å². The number of aryl methyl sites for hydroxylation is 1. The Morgan fingerprint density at radius 2 is 1.89 bits per heavy atom. The maximum absolute atomic E-state index is 13.6. The number of imide groups is 1. The summed E-state index contributed by atoms with van der Waals surface area (Å²) in [6, 6.07) is 6.80. The third-order valence-corrected chi connectivity index (χ3v) is 7.62. The molecule has 2 heterocycles. The number of carbonyl (C=O) groups is 3. The summed E-state index contributed by atoms with van der Waals surface area (Å²) in [5, 5.41) is 0. The number of carbonyl (C=O) groups excluding carboxylic acids is 3. The Bertz CT molecular complexity index is 1460. The quantitative estimate of drug-likeness (QED) is 0.553. The lowest BCUT2D eigenvalue weighted by Crippen LogP contribution is -2.60. The smallest absolute Gasteiger partial charge is 0.369 e. The molecule has 1 aromatic heterocycles. The van der Waals surface area contributed by atoms with Gasteiger partial charge in [0.15, 0.2) is 0 Å². The summed E-state index contributed by atoms with van der Waals surface area (Å²) < 4.78 is 42.7. The van der Waals surface area contributed by atoms with Gasteiger partial charge < -0.3 is 10.3 Å². The molecule has 0 saturated carbocycles. The molecule has 3 aromatic rings. The summed E-state index contributed by atoms with van der Waals surface area (Å²) in [6.45, 7) is -0.307. The molecule has 1 fully saturated rings. The van der Waals surface area contributed by atoms with Crippen molar-refractivity contribution in [2.75, 3.05) is 11.4 Å². The second-order valence-electron chi connectivity index (χ2n) is 8.56. The molecular formula is C23H19F3N4O4S. The van der Waals surface area contributed by atoms with Crippen LogP contribution in [0.1, 0.15) is 29.2 Å². The molecule has 5 rings (SSSR count). The fraction of sp³-hybridized carbons (Fsp3) is 0.304. The number of hydrogen-bond donors (Lipinski definition) is 1. The van der Waals surface area contributed by atoms with Gasteiger partial charge in [-0.3, -0.25) is 24.2 Å². The van der Waals surface area contributed by atoms with Crippen LogP contribution in [-0.2, 0) is 29.2 Å². The highest BCUT2D eigenvalue weighted by Gasteiger charge is 2.48. The van der Waals surface area contributed by atoms with Gasteiger partial charge in [-0.1, -0.05) is 23.5 Å². The second kappa shape index (κ2) is 7.94. The van der Waals surface area contributed by atoms with E-state index in [0.29, 0.717) is 15.9 Å². The van der Waals surface area contributed by atoms with Crippen LogP contribution in [0.25, 0.3) is 10.2 Å². The lowest BCUT2D eigenvalue weighted by atomic mass is 9.98. The van der Waals surface area contributed by atoms with Gasteiger partial charge in [0.2, 0.25) is 11.8 Å². The number of alkyl halides is 3. The van der Waals surface area contributed by atoms with Crippen LogP contribution in [0.2, 0.25) is 0 Å². The molecule has 182 valence electrons. The fourth-order valence-corrected chi connectivity index (χ4v) is 5.81. The number of urea groups is 1. The Morgan fingerprint density at radius 3 is 2.57 bits per heavy atom. The van der Waals surface area contributed by atoms with Crippen molar-refractivity contribution in [2.24, 2.45) is 18.7 Å². The van der Waals surface area contributed by atoms with Crippen molar-refractivity contribution in [1.82, 2.24) is 9.47 Å². The SMILES string of the molecule is Cn1c(=O)sc2cc(N3CC(C(N)=O)C(=O)N(C4CCc5c4cccc5C(F)(F)F)C3=O)ccc21. The van der Waals surface area contributed by atoms with Crippen molar-refractivity contribution in [1.29, 1.82) is 0 Å². The highest BCUT2D eigenvalue weighted by atomic mass is 32.1. The molecule has 0 spiro atoms. The van der Waals surface area contributed by atoms with Gasteiger partial charge in [0.05, 0.1) is 21.8 Å². The van der Waals surface area contributed by atoms with Gasteiger partial charge in [0.1, 0.15) is 5.92 Å². The third kappa shape index (κ3) is 3.59. The maximum atomic E-state index is 13.6. The monoisotopic (exact) mass is 504 g/mol. The second-order valence-corrected chi connectivity index (χ2v) is 9.55. The van der Waals surface area contributed by atoms with Crippen LogP contribution in [0, 0.1) is 5.92 Å². The van der Waals surface area contributed by atoms with Crippen LogP contribution in [-0.4, -0.2) is 33.9 Å². The summed E-state index contributed by atoms with van der Waals surface area (Å²) in [5.74, 6) is -3.14. The number of hydrogen-bond acceptors (Lipinski definition) is 5. The van der Waals surface area contributed by atoms with E-state index in [2.05, 4.69) is 0 Å². The van der Waals surface area contributed by atoms with Crippen LogP contribution in [0.3, 0.4) is 0 Å². The number of rotatable bonds is 3. The number of fused-ring (bicyclic) bond motifs is 2. The lowest BCUT2D eigenvalue weighted by Gasteiger charge is -2.40. The van der Waals surface area contributed by atoms with Crippen molar-refractivity contribution in [3.8, 4) is 0 Å². The average molecular weight is 504 g/mol. The molecular weight excluding hydrogens is 485 g/mol. The van der Waals surface area contributed by atoms with Crippen molar-refractivity contribution in [2.45, 2.75) is 25.1 Å². The Labute approximate surface area is 200 Å².